The van der Waals surface area contributed by atoms with Crippen LogP contribution in [0.15, 0.2) is 0 Å². The Morgan fingerprint density at radius 1 is 1.36 bits per heavy atom. The van der Waals surface area contributed by atoms with Gasteiger partial charge in [-0.2, -0.15) is 5.26 Å². The van der Waals surface area contributed by atoms with Gasteiger partial charge in [-0.05, 0) is 38.1 Å². The fraction of sp³-hybridized carbons (Fsp3) is 0.909. The molecule has 1 heterocycles. The van der Waals surface area contributed by atoms with E-state index in [1.165, 1.54) is 32.1 Å². The molecule has 0 spiro atoms. The normalized spacial score (nSPS) is 34.9. The van der Waals surface area contributed by atoms with Crippen LogP contribution in [0.3, 0.4) is 0 Å². The maximum Gasteiger partial charge on any atom is 0.106 e. The van der Waals surface area contributed by atoms with E-state index in [0.29, 0.717) is 0 Å². The predicted octanol–water partition coefficient (Wildman–Crippen LogP) is 1.10. The highest BCUT2D eigenvalue weighted by atomic mass is 15.2. The molecule has 1 aliphatic heterocycles. The molecule has 2 fully saturated rings. The number of rotatable bonds is 2. The van der Waals surface area contributed by atoms with Crippen LogP contribution in [-0.4, -0.2) is 30.1 Å². The summed E-state index contributed by atoms with van der Waals surface area (Å²) in [6.45, 7) is 1.92. The highest BCUT2D eigenvalue weighted by molar-refractivity contribution is 4.95. The van der Waals surface area contributed by atoms with Crippen molar-refractivity contribution in [3.63, 3.8) is 0 Å². The summed E-state index contributed by atoms with van der Waals surface area (Å²) >= 11 is 0. The minimum Gasteiger partial charge on any atom is -0.315 e. The van der Waals surface area contributed by atoms with Crippen LogP contribution in [0.2, 0.25) is 0 Å². The standard InChI is InChI=1S/C11H19N3/c12-7-10(13)8-14-6-2-4-9-3-1-5-11(9)14/h9-11H,1-6,8,13H2. The molecule has 78 valence electrons. The Morgan fingerprint density at radius 2 is 2.14 bits per heavy atom. The van der Waals surface area contributed by atoms with Crippen molar-refractivity contribution in [1.82, 2.24) is 4.90 Å². The van der Waals surface area contributed by atoms with Gasteiger partial charge in [0.15, 0.2) is 0 Å². The van der Waals surface area contributed by atoms with Gasteiger partial charge in [0.1, 0.15) is 6.04 Å². The van der Waals surface area contributed by atoms with E-state index >= 15 is 0 Å². The van der Waals surface area contributed by atoms with Crippen molar-refractivity contribution in [1.29, 1.82) is 5.26 Å². The molecule has 3 unspecified atom stereocenters. The summed E-state index contributed by atoms with van der Waals surface area (Å²) in [7, 11) is 0. The van der Waals surface area contributed by atoms with Crippen molar-refractivity contribution < 1.29 is 0 Å². The Kier molecular flexibility index (Phi) is 3.05. The van der Waals surface area contributed by atoms with Crippen molar-refractivity contribution in [2.24, 2.45) is 11.7 Å². The SMILES string of the molecule is N#CC(N)CN1CCCC2CCCC21. The van der Waals surface area contributed by atoms with Crippen LogP contribution in [0.4, 0.5) is 0 Å². The van der Waals surface area contributed by atoms with E-state index in [2.05, 4.69) is 11.0 Å². The van der Waals surface area contributed by atoms with E-state index in [4.69, 9.17) is 11.0 Å². The molecule has 2 rings (SSSR count). The van der Waals surface area contributed by atoms with Crippen LogP contribution < -0.4 is 5.73 Å². The van der Waals surface area contributed by atoms with Gasteiger partial charge in [-0.15, -0.1) is 0 Å². The minimum atomic E-state index is -0.297. The number of fused-ring (bicyclic) bond motifs is 1. The Morgan fingerprint density at radius 3 is 2.93 bits per heavy atom. The molecule has 0 aromatic heterocycles. The Balaban J connectivity index is 1.94. The molecule has 1 saturated heterocycles. The fourth-order valence-electron chi connectivity index (χ4n) is 3.08. The lowest BCUT2D eigenvalue weighted by Gasteiger charge is -2.38. The zero-order chi connectivity index (χ0) is 9.97. The lowest BCUT2D eigenvalue weighted by molar-refractivity contribution is 0.111. The first kappa shape index (κ1) is 9.95. The van der Waals surface area contributed by atoms with E-state index in [9.17, 15) is 0 Å². The van der Waals surface area contributed by atoms with Crippen molar-refractivity contribution >= 4 is 0 Å². The molecule has 0 radical (unpaired) electrons. The first-order valence-corrected chi connectivity index (χ1v) is 5.70. The second kappa shape index (κ2) is 4.29. The van der Waals surface area contributed by atoms with Crippen molar-refractivity contribution in [2.45, 2.75) is 44.2 Å². The molecule has 2 N–H and O–H groups in total. The molecule has 0 aromatic rings. The fourth-order valence-corrected chi connectivity index (χ4v) is 3.08. The highest BCUT2D eigenvalue weighted by Crippen LogP contribution is 2.36. The van der Waals surface area contributed by atoms with Gasteiger partial charge in [0, 0.05) is 12.6 Å². The molecule has 1 aliphatic carbocycles. The van der Waals surface area contributed by atoms with E-state index in [1.807, 2.05) is 0 Å². The van der Waals surface area contributed by atoms with Gasteiger partial charge in [-0.1, -0.05) is 6.42 Å². The number of piperidine rings is 1. The van der Waals surface area contributed by atoms with E-state index in [-0.39, 0.29) is 6.04 Å². The molecule has 3 nitrogen and oxygen atoms in total. The van der Waals surface area contributed by atoms with Gasteiger partial charge in [-0.25, -0.2) is 0 Å². The summed E-state index contributed by atoms with van der Waals surface area (Å²) in [5.41, 5.74) is 5.68. The quantitative estimate of drug-likeness (QED) is 0.714. The summed E-state index contributed by atoms with van der Waals surface area (Å²) in [6, 6.07) is 2.57. The molecule has 2 aliphatic rings. The molecule has 1 saturated carbocycles. The third-order valence-electron chi connectivity index (χ3n) is 3.71. The zero-order valence-corrected chi connectivity index (χ0v) is 8.65. The third kappa shape index (κ3) is 1.92. The maximum atomic E-state index is 8.70. The molecule has 3 atom stereocenters. The molecule has 0 aromatic carbocycles. The molecule has 0 amide bonds. The summed E-state index contributed by atoms with van der Waals surface area (Å²) in [5.74, 6) is 0.898. The molecular formula is C11H19N3. The molecule has 14 heavy (non-hydrogen) atoms. The van der Waals surface area contributed by atoms with Crippen LogP contribution in [-0.2, 0) is 0 Å². The van der Waals surface area contributed by atoms with Crippen LogP contribution in [0.5, 0.6) is 0 Å². The predicted molar refractivity (Wildman–Crippen MR) is 55.5 cm³/mol. The van der Waals surface area contributed by atoms with Crippen LogP contribution in [0.1, 0.15) is 32.1 Å². The van der Waals surface area contributed by atoms with Gasteiger partial charge in [0.05, 0.1) is 6.07 Å². The van der Waals surface area contributed by atoms with Crippen molar-refractivity contribution in [3.8, 4) is 6.07 Å². The highest BCUT2D eigenvalue weighted by Gasteiger charge is 2.35. The minimum absolute atomic E-state index is 0.297. The molecule has 0 bridgehead atoms. The summed E-state index contributed by atoms with van der Waals surface area (Å²) in [4.78, 5) is 2.45. The van der Waals surface area contributed by atoms with Gasteiger partial charge < -0.3 is 5.73 Å². The third-order valence-corrected chi connectivity index (χ3v) is 3.71. The second-order valence-electron chi connectivity index (χ2n) is 4.63. The van der Waals surface area contributed by atoms with E-state index < -0.39 is 0 Å². The lowest BCUT2D eigenvalue weighted by atomic mass is 9.92. The van der Waals surface area contributed by atoms with E-state index in [1.54, 1.807) is 0 Å². The van der Waals surface area contributed by atoms with Crippen LogP contribution in [0.25, 0.3) is 0 Å². The smallest absolute Gasteiger partial charge is 0.106 e. The average molecular weight is 193 g/mol. The summed E-state index contributed by atoms with van der Waals surface area (Å²) in [6.07, 6.45) is 6.77. The topological polar surface area (TPSA) is 53.1 Å². The molecule has 3 heteroatoms. The van der Waals surface area contributed by atoms with Gasteiger partial charge in [-0.3, -0.25) is 4.90 Å². The number of hydrogen-bond donors (Lipinski definition) is 1. The number of likely N-dealkylation sites (tertiary alicyclic amines) is 1. The Labute approximate surface area is 85.9 Å². The summed E-state index contributed by atoms with van der Waals surface area (Å²) < 4.78 is 0. The zero-order valence-electron chi connectivity index (χ0n) is 8.65. The van der Waals surface area contributed by atoms with Gasteiger partial charge in [0.25, 0.3) is 0 Å². The Hall–Kier alpha value is -0.590. The maximum absolute atomic E-state index is 8.70. The van der Waals surface area contributed by atoms with Crippen molar-refractivity contribution in [3.05, 3.63) is 0 Å². The first-order valence-electron chi connectivity index (χ1n) is 5.70. The number of hydrogen-bond acceptors (Lipinski definition) is 3. The van der Waals surface area contributed by atoms with Gasteiger partial charge >= 0.3 is 0 Å². The summed E-state index contributed by atoms with van der Waals surface area (Å²) in [5, 5.41) is 8.70. The number of nitriles is 1. The number of nitrogens with zero attached hydrogens (tertiary/aromatic N) is 2. The average Bonchev–Trinajstić information content (AvgIpc) is 2.66. The lowest BCUT2D eigenvalue weighted by Crippen LogP contribution is -2.47. The number of nitrogens with two attached hydrogens (primary N) is 1. The first-order chi connectivity index (χ1) is 6.81. The van der Waals surface area contributed by atoms with Crippen LogP contribution >= 0.6 is 0 Å². The Bertz CT molecular complexity index is 233. The van der Waals surface area contributed by atoms with Gasteiger partial charge in [0.2, 0.25) is 0 Å². The van der Waals surface area contributed by atoms with Crippen molar-refractivity contribution in [2.75, 3.05) is 13.1 Å². The largest absolute Gasteiger partial charge is 0.315 e. The van der Waals surface area contributed by atoms with Crippen LogP contribution in [0, 0.1) is 17.2 Å². The second-order valence-corrected chi connectivity index (χ2v) is 4.63. The monoisotopic (exact) mass is 193 g/mol. The molecular weight excluding hydrogens is 174 g/mol. The van der Waals surface area contributed by atoms with E-state index in [0.717, 1.165) is 25.0 Å².